The summed E-state index contributed by atoms with van der Waals surface area (Å²) >= 11 is 0. The molecule has 0 aromatic rings. The Hall–Kier alpha value is -1.21. The molecule has 0 rings (SSSR count). The molecule has 0 aromatic carbocycles. The molecule has 11 heavy (non-hydrogen) atoms. The van der Waals surface area contributed by atoms with Gasteiger partial charge >= 0.3 is 6.09 Å². The van der Waals surface area contributed by atoms with Crippen LogP contribution < -0.4 is 10.6 Å². The van der Waals surface area contributed by atoms with Crippen LogP contribution in [0.3, 0.4) is 0 Å². The first-order valence-electron chi connectivity index (χ1n) is 3.40. The number of carboxylic acid groups (broad SMARTS) is 1. The smallest absolute Gasteiger partial charge is 0.405 e. The van der Waals surface area contributed by atoms with Crippen molar-refractivity contribution < 1.29 is 9.90 Å². The van der Waals surface area contributed by atoms with Crippen molar-refractivity contribution in [3.8, 4) is 11.8 Å². The quantitative estimate of drug-likeness (QED) is 0.394. The van der Waals surface area contributed by atoms with Gasteiger partial charge in [0.15, 0.2) is 0 Å². The first-order chi connectivity index (χ1) is 5.27. The van der Waals surface area contributed by atoms with Gasteiger partial charge in [-0.3, -0.25) is 0 Å². The molecular formula is C7H12N2O2. The Bertz CT molecular complexity index is 169. The molecule has 0 aliphatic rings. The fraction of sp³-hybridized carbons (Fsp3) is 0.571. The predicted molar refractivity (Wildman–Crippen MR) is 42.3 cm³/mol. The minimum atomic E-state index is -1.04. The van der Waals surface area contributed by atoms with Gasteiger partial charge in [-0.25, -0.2) is 4.79 Å². The van der Waals surface area contributed by atoms with Gasteiger partial charge in [0, 0.05) is 0 Å². The topological polar surface area (TPSA) is 61.4 Å². The summed E-state index contributed by atoms with van der Waals surface area (Å²) in [6.07, 6.45) is -1.04. The number of amides is 1. The van der Waals surface area contributed by atoms with Crippen molar-refractivity contribution in [3.63, 3.8) is 0 Å². The fourth-order valence-electron chi connectivity index (χ4n) is 0.432. The fourth-order valence-corrected chi connectivity index (χ4v) is 0.432. The lowest BCUT2D eigenvalue weighted by Gasteiger charge is -1.91. The Labute approximate surface area is 66.0 Å². The summed E-state index contributed by atoms with van der Waals surface area (Å²) in [7, 11) is 0. The highest BCUT2D eigenvalue weighted by atomic mass is 16.4. The van der Waals surface area contributed by atoms with Crippen LogP contribution in [-0.2, 0) is 0 Å². The molecule has 0 aliphatic heterocycles. The van der Waals surface area contributed by atoms with Crippen LogP contribution in [0.1, 0.15) is 6.92 Å². The predicted octanol–water partition coefficient (Wildman–Crippen LogP) is -0.133. The second-order valence-corrected chi connectivity index (χ2v) is 1.79. The third kappa shape index (κ3) is 8.79. The molecule has 0 heterocycles. The second kappa shape index (κ2) is 6.90. The summed E-state index contributed by atoms with van der Waals surface area (Å²) in [5, 5.41) is 13.2. The molecule has 0 unspecified atom stereocenters. The van der Waals surface area contributed by atoms with E-state index in [1.54, 1.807) is 0 Å². The van der Waals surface area contributed by atoms with Crippen LogP contribution in [0, 0.1) is 11.8 Å². The van der Waals surface area contributed by atoms with Crippen LogP contribution in [0.4, 0.5) is 4.79 Å². The summed E-state index contributed by atoms with van der Waals surface area (Å²) in [5.41, 5.74) is 0. The average molecular weight is 156 g/mol. The molecule has 0 saturated heterocycles. The van der Waals surface area contributed by atoms with E-state index in [2.05, 4.69) is 22.5 Å². The van der Waals surface area contributed by atoms with Crippen molar-refractivity contribution in [2.75, 3.05) is 19.6 Å². The number of hydrogen-bond acceptors (Lipinski definition) is 2. The molecule has 4 heteroatoms. The van der Waals surface area contributed by atoms with Gasteiger partial charge < -0.3 is 15.7 Å². The standard InChI is InChI=1S/C7H12N2O2/c1-2-8-5-3-4-6-9-7(10)11/h8-9H,2,5-6H2,1H3,(H,10,11). The Morgan fingerprint density at radius 3 is 2.64 bits per heavy atom. The van der Waals surface area contributed by atoms with Gasteiger partial charge in [-0.2, -0.15) is 0 Å². The van der Waals surface area contributed by atoms with Crippen molar-refractivity contribution in [1.29, 1.82) is 0 Å². The van der Waals surface area contributed by atoms with Gasteiger partial charge in [-0.1, -0.05) is 18.8 Å². The maximum atomic E-state index is 9.89. The van der Waals surface area contributed by atoms with E-state index in [1.807, 2.05) is 6.92 Å². The van der Waals surface area contributed by atoms with E-state index in [0.717, 1.165) is 6.54 Å². The lowest BCUT2D eigenvalue weighted by Crippen LogP contribution is -2.21. The summed E-state index contributed by atoms with van der Waals surface area (Å²) in [4.78, 5) is 9.89. The van der Waals surface area contributed by atoms with Crippen molar-refractivity contribution >= 4 is 6.09 Å². The minimum Gasteiger partial charge on any atom is -0.465 e. The van der Waals surface area contributed by atoms with E-state index in [4.69, 9.17) is 5.11 Å². The summed E-state index contributed by atoms with van der Waals surface area (Å²) < 4.78 is 0. The maximum Gasteiger partial charge on any atom is 0.405 e. The molecular weight excluding hydrogens is 144 g/mol. The highest BCUT2D eigenvalue weighted by molar-refractivity contribution is 5.64. The molecule has 0 atom stereocenters. The van der Waals surface area contributed by atoms with E-state index in [1.165, 1.54) is 0 Å². The zero-order valence-electron chi connectivity index (χ0n) is 6.48. The van der Waals surface area contributed by atoms with Crippen molar-refractivity contribution in [3.05, 3.63) is 0 Å². The summed E-state index contributed by atoms with van der Waals surface area (Å²) in [6.45, 7) is 3.66. The van der Waals surface area contributed by atoms with E-state index < -0.39 is 6.09 Å². The van der Waals surface area contributed by atoms with Crippen LogP contribution >= 0.6 is 0 Å². The zero-order valence-corrected chi connectivity index (χ0v) is 6.48. The van der Waals surface area contributed by atoms with E-state index in [9.17, 15) is 4.79 Å². The van der Waals surface area contributed by atoms with Crippen LogP contribution in [0.15, 0.2) is 0 Å². The summed E-state index contributed by atoms with van der Waals surface area (Å²) in [6, 6.07) is 0. The van der Waals surface area contributed by atoms with Crippen molar-refractivity contribution in [2.24, 2.45) is 0 Å². The van der Waals surface area contributed by atoms with Gasteiger partial charge in [0.2, 0.25) is 0 Å². The van der Waals surface area contributed by atoms with Gasteiger partial charge in [0.05, 0.1) is 13.1 Å². The number of rotatable bonds is 3. The molecule has 62 valence electrons. The number of hydrogen-bond donors (Lipinski definition) is 3. The highest BCUT2D eigenvalue weighted by Crippen LogP contribution is 1.59. The van der Waals surface area contributed by atoms with Crippen LogP contribution in [0.2, 0.25) is 0 Å². The molecule has 0 fully saturated rings. The van der Waals surface area contributed by atoms with Crippen LogP contribution in [0.5, 0.6) is 0 Å². The van der Waals surface area contributed by atoms with Crippen LogP contribution in [0.25, 0.3) is 0 Å². The first-order valence-corrected chi connectivity index (χ1v) is 3.40. The molecule has 0 aliphatic carbocycles. The number of nitrogens with one attached hydrogen (secondary N) is 2. The lowest BCUT2D eigenvalue weighted by molar-refractivity contribution is 0.196. The Kier molecular flexibility index (Phi) is 6.14. The molecule has 4 nitrogen and oxygen atoms in total. The molecule has 0 radical (unpaired) electrons. The van der Waals surface area contributed by atoms with Gasteiger partial charge in [0.1, 0.15) is 0 Å². The van der Waals surface area contributed by atoms with Crippen LogP contribution in [-0.4, -0.2) is 30.8 Å². The van der Waals surface area contributed by atoms with E-state index in [-0.39, 0.29) is 6.54 Å². The molecule has 0 aromatic heterocycles. The van der Waals surface area contributed by atoms with E-state index in [0.29, 0.717) is 6.54 Å². The Morgan fingerprint density at radius 1 is 1.45 bits per heavy atom. The maximum absolute atomic E-state index is 9.89. The number of carbonyl (C=O) groups is 1. The third-order valence-corrected chi connectivity index (χ3v) is 0.916. The SMILES string of the molecule is CCNCC#CCNC(=O)O. The minimum absolute atomic E-state index is 0.195. The largest absolute Gasteiger partial charge is 0.465 e. The van der Waals surface area contributed by atoms with E-state index >= 15 is 0 Å². The first kappa shape index (κ1) is 9.79. The Balaban J connectivity index is 3.19. The Morgan fingerprint density at radius 2 is 2.09 bits per heavy atom. The second-order valence-electron chi connectivity index (χ2n) is 1.79. The third-order valence-electron chi connectivity index (χ3n) is 0.916. The molecule has 3 N–H and O–H groups in total. The van der Waals surface area contributed by atoms with Gasteiger partial charge in [-0.05, 0) is 6.54 Å². The van der Waals surface area contributed by atoms with Crippen molar-refractivity contribution in [1.82, 2.24) is 10.6 Å². The monoisotopic (exact) mass is 156 g/mol. The highest BCUT2D eigenvalue weighted by Gasteiger charge is 1.86. The zero-order chi connectivity index (χ0) is 8.53. The van der Waals surface area contributed by atoms with Gasteiger partial charge in [0.25, 0.3) is 0 Å². The summed E-state index contributed by atoms with van der Waals surface area (Å²) in [5.74, 6) is 5.40. The average Bonchev–Trinajstić information content (AvgIpc) is 1.96. The van der Waals surface area contributed by atoms with Gasteiger partial charge in [-0.15, -0.1) is 0 Å². The molecule has 0 saturated carbocycles. The lowest BCUT2D eigenvalue weighted by atomic mass is 10.5. The molecule has 0 spiro atoms. The molecule has 1 amide bonds. The van der Waals surface area contributed by atoms with Crippen molar-refractivity contribution in [2.45, 2.75) is 6.92 Å². The normalized spacial score (nSPS) is 8.09. The molecule has 0 bridgehead atoms.